The number of carbonyl (C=O) groups is 2. The van der Waals surface area contributed by atoms with Gasteiger partial charge in [0.25, 0.3) is 0 Å². The van der Waals surface area contributed by atoms with Crippen LogP contribution in [0.15, 0.2) is 5.57 Å². The first-order valence-electron chi connectivity index (χ1n) is 8.58. The third-order valence-electron chi connectivity index (χ3n) is 4.59. The highest BCUT2D eigenvalue weighted by Gasteiger charge is 2.44. The first-order chi connectivity index (χ1) is 11.2. The molecule has 0 amide bonds. The molecule has 0 saturated carbocycles. The number of Topliss-reactive ketones (excluding diaryl/α,β-unsaturated/α-hetero) is 1. The first kappa shape index (κ1) is 21.8. The summed E-state index contributed by atoms with van der Waals surface area (Å²) in [5, 5.41) is 2.98. The van der Waals surface area contributed by atoms with Crippen molar-refractivity contribution in [2.45, 2.75) is 83.8 Å². The number of ether oxygens (including phenoxy) is 1. The standard InChI is InChI=1S/C18H31NO5Si/c1-17(2,3)23-15(22)9-13(21)16-12(11-20)14(10-19-16)24-25(7,8)18(4,5)6/h14,16,19H,9-10H2,1-8H3. The fourth-order valence-corrected chi connectivity index (χ4v) is 3.58. The number of hydrogen-bond acceptors (Lipinski definition) is 6. The van der Waals surface area contributed by atoms with Crippen molar-refractivity contribution < 1.29 is 23.5 Å². The van der Waals surface area contributed by atoms with E-state index in [4.69, 9.17) is 9.16 Å². The maximum atomic E-state index is 12.4. The second-order valence-electron chi connectivity index (χ2n) is 9.00. The first-order valence-corrected chi connectivity index (χ1v) is 11.5. The minimum atomic E-state index is -2.10. The third-order valence-corrected chi connectivity index (χ3v) is 9.07. The molecule has 0 aromatic carbocycles. The van der Waals surface area contributed by atoms with Gasteiger partial charge in [-0.2, -0.15) is 0 Å². The van der Waals surface area contributed by atoms with Crippen LogP contribution in [0.25, 0.3) is 0 Å². The maximum Gasteiger partial charge on any atom is 0.313 e. The smallest absolute Gasteiger partial charge is 0.313 e. The third kappa shape index (κ3) is 5.89. The SMILES string of the molecule is CC(C)(C)OC(=O)CC(=O)C1NCC(O[Si](C)(C)C(C)(C)C)C1=C=O. The molecule has 1 heterocycles. The Hall–Kier alpha value is -1.27. The van der Waals surface area contributed by atoms with Gasteiger partial charge in [0, 0.05) is 6.54 Å². The van der Waals surface area contributed by atoms with Gasteiger partial charge in [-0.25, -0.2) is 4.79 Å². The van der Waals surface area contributed by atoms with E-state index < -0.39 is 37.8 Å². The zero-order valence-electron chi connectivity index (χ0n) is 16.6. The van der Waals surface area contributed by atoms with Gasteiger partial charge in [0.05, 0.1) is 11.7 Å². The van der Waals surface area contributed by atoms with Crippen molar-refractivity contribution in [2.24, 2.45) is 0 Å². The fourth-order valence-electron chi connectivity index (χ4n) is 2.30. The lowest BCUT2D eigenvalue weighted by atomic mass is 10.0. The molecule has 0 radical (unpaired) electrons. The van der Waals surface area contributed by atoms with E-state index in [2.05, 4.69) is 39.2 Å². The van der Waals surface area contributed by atoms with Crippen LogP contribution in [0.1, 0.15) is 48.0 Å². The zero-order chi connectivity index (χ0) is 19.6. The number of carbonyl (C=O) groups excluding carboxylic acids is 3. The Morgan fingerprint density at radius 2 is 1.76 bits per heavy atom. The van der Waals surface area contributed by atoms with E-state index in [0.717, 1.165) is 0 Å². The lowest BCUT2D eigenvalue weighted by Crippen LogP contribution is -2.45. The van der Waals surface area contributed by atoms with Crippen molar-refractivity contribution in [1.29, 1.82) is 0 Å². The van der Waals surface area contributed by atoms with Crippen LogP contribution >= 0.6 is 0 Å². The average Bonchev–Trinajstić information content (AvgIpc) is 2.76. The highest BCUT2D eigenvalue weighted by atomic mass is 28.4. The van der Waals surface area contributed by atoms with Crippen molar-refractivity contribution in [2.75, 3.05) is 6.54 Å². The highest BCUT2D eigenvalue weighted by molar-refractivity contribution is 6.74. The number of rotatable bonds is 5. The van der Waals surface area contributed by atoms with Crippen molar-refractivity contribution >= 4 is 26.0 Å². The molecule has 1 aliphatic rings. The topological polar surface area (TPSA) is 81.7 Å². The molecule has 1 aliphatic heterocycles. The predicted octanol–water partition coefficient (Wildman–Crippen LogP) is 2.41. The van der Waals surface area contributed by atoms with Crippen LogP contribution in [0, 0.1) is 0 Å². The highest BCUT2D eigenvalue weighted by Crippen LogP contribution is 2.38. The fraction of sp³-hybridized carbons (Fsp3) is 0.778. The molecule has 0 aliphatic carbocycles. The number of nitrogens with one attached hydrogen (secondary N) is 1. The zero-order valence-corrected chi connectivity index (χ0v) is 17.6. The molecule has 1 N–H and O–H groups in total. The van der Waals surface area contributed by atoms with Gasteiger partial charge in [-0.3, -0.25) is 9.59 Å². The van der Waals surface area contributed by atoms with Crippen molar-refractivity contribution in [3.63, 3.8) is 0 Å². The van der Waals surface area contributed by atoms with E-state index in [1.165, 1.54) is 0 Å². The summed E-state index contributed by atoms with van der Waals surface area (Å²) in [5.74, 6) is 0.876. The number of hydrogen-bond donors (Lipinski definition) is 1. The van der Waals surface area contributed by atoms with E-state index in [9.17, 15) is 14.4 Å². The lowest BCUT2D eigenvalue weighted by molar-refractivity contribution is -0.156. The Bertz CT molecular complexity index is 579. The molecule has 0 aromatic heterocycles. The normalized spacial score (nSPS) is 21.8. The van der Waals surface area contributed by atoms with Gasteiger partial charge in [0.15, 0.2) is 14.1 Å². The van der Waals surface area contributed by atoms with E-state index >= 15 is 0 Å². The largest absolute Gasteiger partial charge is 0.460 e. The van der Waals surface area contributed by atoms with Gasteiger partial charge in [-0.1, -0.05) is 20.8 Å². The molecule has 1 rings (SSSR count). The maximum absolute atomic E-state index is 12.4. The molecule has 2 unspecified atom stereocenters. The van der Waals surface area contributed by atoms with Crippen LogP contribution in [-0.4, -0.2) is 50.3 Å². The van der Waals surface area contributed by atoms with Crippen LogP contribution in [0.3, 0.4) is 0 Å². The average molecular weight is 370 g/mol. The molecule has 2 atom stereocenters. The van der Waals surface area contributed by atoms with Crippen LogP contribution in [0.4, 0.5) is 0 Å². The molecule has 25 heavy (non-hydrogen) atoms. The summed E-state index contributed by atoms with van der Waals surface area (Å²) >= 11 is 0. The summed E-state index contributed by atoms with van der Waals surface area (Å²) in [5.41, 5.74) is -0.406. The molecule has 0 bridgehead atoms. The number of ketones is 1. The van der Waals surface area contributed by atoms with Crippen molar-refractivity contribution in [1.82, 2.24) is 5.32 Å². The molecule has 0 spiro atoms. The Morgan fingerprint density at radius 3 is 2.20 bits per heavy atom. The minimum absolute atomic E-state index is 0.0143. The summed E-state index contributed by atoms with van der Waals surface area (Å²) in [6, 6.07) is -0.834. The van der Waals surface area contributed by atoms with Crippen molar-refractivity contribution in [3.8, 4) is 0 Å². The second kappa shape index (κ2) is 7.54. The van der Waals surface area contributed by atoms with Gasteiger partial charge in [0.2, 0.25) is 0 Å². The van der Waals surface area contributed by atoms with Gasteiger partial charge < -0.3 is 14.5 Å². The van der Waals surface area contributed by atoms with Crippen molar-refractivity contribution in [3.05, 3.63) is 5.57 Å². The Kier molecular flexibility index (Phi) is 6.56. The minimum Gasteiger partial charge on any atom is -0.460 e. The molecule has 1 saturated heterocycles. The van der Waals surface area contributed by atoms with E-state index in [0.29, 0.717) is 6.54 Å². The summed E-state index contributed by atoms with van der Waals surface area (Å²) < 4.78 is 11.4. The summed E-state index contributed by atoms with van der Waals surface area (Å²) in [6.07, 6.45) is -0.863. The molecule has 1 fully saturated rings. The lowest BCUT2D eigenvalue weighted by Gasteiger charge is -2.38. The molecular weight excluding hydrogens is 338 g/mol. The molecule has 0 aromatic rings. The summed E-state index contributed by atoms with van der Waals surface area (Å²) in [7, 11) is -2.10. The Balaban J connectivity index is 2.81. The predicted molar refractivity (Wildman–Crippen MR) is 98.5 cm³/mol. The molecular formula is C18H31NO5Si. The molecule has 7 heteroatoms. The van der Waals surface area contributed by atoms with E-state index in [1.807, 2.05) is 5.94 Å². The van der Waals surface area contributed by atoms with E-state index in [1.54, 1.807) is 20.8 Å². The van der Waals surface area contributed by atoms with Gasteiger partial charge >= 0.3 is 5.97 Å². The quantitative estimate of drug-likeness (QED) is 0.347. The second-order valence-corrected chi connectivity index (χ2v) is 13.8. The summed E-state index contributed by atoms with van der Waals surface area (Å²) in [6.45, 7) is 16.1. The Morgan fingerprint density at radius 1 is 1.20 bits per heavy atom. The van der Waals surface area contributed by atoms with Crippen LogP contribution in [-0.2, 0) is 23.5 Å². The molecule has 6 nitrogen and oxygen atoms in total. The molecule has 142 valence electrons. The Labute approximate surface area is 151 Å². The van der Waals surface area contributed by atoms with Gasteiger partial charge in [0.1, 0.15) is 24.0 Å². The number of esters is 1. The monoisotopic (exact) mass is 369 g/mol. The van der Waals surface area contributed by atoms with Crippen LogP contribution in [0.5, 0.6) is 0 Å². The van der Waals surface area contributed by atoms with E-state index in [-0.39, 0.29) is 17.0 Å². The van der Waals surface area contributed by atoms with Gasteiger partial charge in [-0.05, 0) is 38.9 Å². The van der Waals surface area contributed by atoms with Crippen LogP contribution < -0.4 is 5.32 Å². The van der Waals surface area contributed by atoms with Gasteiger partial charge in [-0.15, -0.1) is 0 Å². The summed E-state index contributed by atoms with van der Waals surface area (Å²) in [4.78, 5) is 35.7. The van der Waals surface area contributed by atoms with Crippen LogP contribution in [0.2, 0.25) is 18.1 Å².